The summed E-state index contributed by atoms with van der Waals surface area (Å²) in [5.74, 6) is -3.53. The van der Waals surface area contributed by atoms with Crippen LogP contribution in [0, 0.1) is 5.82 Å². The number of carboxylic acids is 1. The molecule has 4 nitrogen and oxygen atoms in total. The van der Waals surface area contributed by atoms with Crippen LogP contribution in [0.3, 0.4) is 0 Å². The number of nitrogens with zero attached hydrogens (tertiary/aromatic N) is 1. The van der Waals surface area contributed by atoms with Crippen LogP contribution in [0.25, 0.3) is 11.5 Å². The maximum atomic E-state index is 13.2. The van der Waals surface area contributed by atoms with Gasteiger partial charge in [-0.25, -0.2) is 14.2 Å². The van der Waals surface area contributed by atoms with Gasteiger partial charge in [0.25, 0.3) is 0 Å². The maximum absolute atomic E-state index is 13.2. The summed E-state index contributed by atoms with van der Waals surface area (Å²) in [4.78, 5) is 14.8. The van der Waals surface area contributed by atoms with Gasteiger partial charge in [-0.15, -0.1) is 0 Å². The van der Waals surface area contributed by atoms with E-state index < -0.39 is 29.3 Å². The predicted octanol–water partition coefficient (Wildman–Crippen LogP) is 3.76. The van der Waals surface area contributed by atoms with Gasteiger partial charge in [0.2, 0.25) is 11.7 Å². The molecular weight excluding hydrogens is 294 g/mol. The van der Waals surface area contributed by atoms with E-state index in [-0.39, 0.29) is 23.6 Å². The third-order valence-corrected chi connectivity index (χ3v) is 2.75. The molecule has 0 atom stereocenters. The molecule has 0 aliphatic carbocycles. The number of rotatable bonds is 3. The van der Waals surface area contributed by atoms with Crippen LogP contribution in [0.15, 0.2) is 22.6 Å². The minimum absolute atomic E-state index is 0.107. The molecule has 2 aromatic rings. The minimum atomic E-state index is -4.87. The molecule has 8 heteroatoms. The summed E-state index contributed by atoms with van der Waals surface area (Å²) >= 11 is 0. The first-order chi connectivity index (χ1) is 9.74. The number of alkyl halides is 3. The fourth-order valence-electron chi connectivity index (χ4n) is 1.76. The molecule has 1 aromatic heterocycles. The Morgan fingerprint density at radius 3 is 2.52 bits per heavy atom. The van der Waals surface area contributed by atoms with Crippen molar-refractivity contribution < 1.29 is 31.9 Å². The van der Waals surface area contributed by atoms with Gasteiger partial charge in [-0.05, 0) is 24.6 Å². The van der Waals surface area contributed by atoms with Crippen molar-refractivity contribution in [3.63, 3.8) is 0 Å². The SMILES string of the molecule is CCc1nc(-c2ccc(F)c(C(F)(F)F)c2)oc1C(=O)O. The van der Waals surface area contributed by atoms with Crippen LogP contribution in [0.1, 0.15) is 28.7 Å². The average molecular weight is 303 g/mol. The van der Waals surface area contributed by atoms with Gasteiger partial charge < -0.3 is 9.52 Å². The summed E-state index contributed by atoms with van der Waals surface area (Å²) in [5, 5.41) is 8.91. The molecule has 0 radical (unpaired) electrons. The van der Waals surface area contributed by atoms with E-state index in [1.807, 2.05) is 0 Å². The summed E-state index contributed by atoms with van der Waals surface area (Å²) in [7, 11) is 0. The molecule has 2 rings (SSSR count). The molecule has 0 aliphatic heterocycles. The third-order valence-electron chi connectivity index (χ3n) is 2.75. The van der Waals surface area contributed by atoms with Crippen LogP contribution in [-0.4, -0.2) is 16.1 Å². The van der Waals surface area contributed by atoms with Crippen molar-refractivity contribution in [1.82, 2.24) is 4.98 Å². The number of aromatic carboxylic acids is 1. The highest BCUT2D eigenvalue weighted by Crippen LogP contribution is 2.34. The molecule has 21 heavy (non-hydrogen) atoms. The smallest absolute Gasteiger partial charge is 0.419 e. The van der Waals surface area contributed by atoms with Gasteiger partial charge in [0.15, 0.2) is 0 Å². The van der Waals surface area contributed by atoms with E-state index >= 15 is 0 Å². The van der Waals surface area contributed by atoms with E-state index in [1.165, 1.54) is 0 Å². The molecule has 112 valence electrons. The molecule has 0 aliphatic rings. The number of carboxylic acid groups (broad SMARTS) is 1. The molecular formula is C13H9F4NO3. The van der Waals surface area contributed by atoms with Gasteiger partial charge >= 0.3 is 12.1 Å². The normalized spacial score (nSPS) is 11.7. The van der Waals surface area contributed by atoms with Crippen LogP contribution < -0.4 is 0 Å². The quantitative estimate of drug-likeness (QED) is 0.877. The van der Waals surface area contributed by atoms with Crippen LogP contribution in [0.5, 0.6) is 0 Å². The number of aromatic nitrogens is 1. The Labute approximate surface area is 116 Å². The lowest BCUT2D eigenvalue weighted by atomic mass is 10.1. The zero-order valence-electron chi connectivity index (χ0n) is 10.7. The largest absolute Gasteiger partial charge is 0.475 e. The van der Waals surface area contributed by atoms with E-state index in [4.69, 9.17) is 9.52 Å². The van der Waals surface area contributed by atoms with Gasteiger partial charge in [0.05, 0.1) is 11.3 Å². The first-order valence-electron chi connectivity index (χ1n) is 5.84. The van der Waals surface area contributed by atoms with E-state index in [1.54, 1.807) is 6.92 Å². The lowest BCUT2D eigenvalue weighted by Crippen LogP contribution is -2.08. The van der Waals surface area contributed by atoms with E-state index in [0.717, 1.165) is 6.07 Å². The number of oxazole rings is 1. The summed E-state index contributed by atoms with van der Waals surface area (Å²) in [6, 6.07) is 2.21. The number of hydrogen-bond acceptors (Lipinski definition) is 3. The standard InChI is InChI=1S/C13H9F4NO3/c1-2-9-10(12(19)20)21-11(18-9)6-3-4-8(14)7(5-6)13(15,16)17/h3-5H,2H2,1H3,(H,19,20). The molecule has 0 saturated heterocycles. The topological polar surface area (TPSA) is 63.3 Å². The first-order valence-corrected chi connectivity index (χ1v) is 5.84. The van der Waals surface area contributed by atoms with Gasteiger partial charge in [-0.3, -0.25) is 0 Å². The van der Waals surface area contributed by atoms with Gasteiger partial charge in [0, 0.05) is 5.56 Å². The number of carbonyl (C=O) groups is 1. The van der Waals surface area contributed by atoms with Crippen molar-refractivity contribution in [2.45, 2.75) is 19.5 Å². The summed E-state index contributed by atoms with van der Waals surface area (Å²) in [5.41, 5.74) is -1.51. The molecule has 0 bridgehead atoms. The van der Waals surface area contributed by atoms with Gasteiger partial charge in [0.1, 0.15) is 5.82 Å². The molecule has 0 saturated carbocycles. The summed E-state index contributed by atoms with van der Waals surface area (Å²) in [6.45, 7) is 1.62. The zero-order chi connectivity index (χ0) is 15.8. The fraction of sp³-hybridized carbons (Fsp3) is 0.231. The number of hydrogen-bond donors (Lipinski definition) is 1. The Morgan fingerprint density at radius 2 is 2.05 bits per heavy atom. The van der Waals surface area contributed by atoms with E-state index in [0.29, 0.717) is 12.1 Å². The first kappa shape index (κ1) is 15.0. The van der Waals surface area contributed by atoms with Crippen LogP contribution in [-0.2, 0) is 12.6 Å². The minimum Gasteiger partial charge on any atom is -0.475 e. The lowest BCUT2D eigenvalue weighted by Gasteiger charge is -2.08. The molecule has 0 amide bonds. The highest BCUT2D eigenvalue weighted by atomic mass is 19.4. The molecule has 0 spiro atoms. The highest BCUT2D eigenvalue weighted by molar-refractivity contribution is 5.86. The second kappa shape index (κ2) is 5.19. The second-order valence-corrected chi connectivity index (χ2v) is 4.15. The lowest BCUT2D eigenvalue weighted by molar-refractivity contribution is -0.139. The summed E-state index contributed by atoms with van der Waals surface area (Å²) in [6.07, 6.45) is -4.63. The predicted molar refractivity (Wildman–Crippen MR) is 63.2 cm³/mol. The maximum Gasteiger partial charge on any atom is 0.419 e. The average Bonchev–Trinajstić information content (AvgIpc) is 2.82. The molecule has 1 heterocycles. The Bertz CT molecular complexity index is 691. The number of halogens is 4. The van der Waals surface area contributed by atoms with Crippen molar-refractivity contribution >= 4 is 5.97 Å². The number of aryl methyl sites for hydroxylation is 1. The number of benzene rings is 1. The van der Waals surface area contributed by atoms with Crippen LogP contribution in [0.4, 0.5) is 17.6 Å². The molecule has 0 unspecified atom stereocenters. The van der Waals surface area contributed by atoms with Crippen LogP contribution in [0.2, 0.25) is 0 Å². The third kappa shape index (κ3) is 2.88. The highest BCUT2D eigenvalue weighted by Gasteiger charge is 2.34. The Kier molecular flexibility index (Phi) is 3.71. The Morgan fingerprint density at radius 1 is 1.38 bits per heavy atom. The van der Waals surface area contributed by atoms with Gasteiger partial charge in [-0.2, -0.15) is 13.2 Å². The molecule has 1 aromatic carbocycles. The zero-order valence-corrected chi connectivity index (χ0v) is 10.7. The monoisotopic (exact) mass is 303 g/mol. The molecule has 1 N–H and O–H groups in total. The Balaban J connectivity index is 2.55. The molecule has 0 fully saturated rings. The van der Waals surface area contributed by atoms with E-state index in [9.17, 15) is 22.4 Å². The van der Waals surface area contributed by atoms with Gasteiger partial charge in [-0.1, -0.05) is 6.92 Å². The second-order valence-electron chi connectivity index (χ2n) is 4.15. The summed E-state index contributed by atoms with van der Waals surface area (Å²) < 4.78 is 56.1. The Hall–Kier alpha value is -2.38. The fourth-order valence-corrected chi connectivity index (χ4v) is 1.76. The van der Waals surface area contributed by atoms with Crippen molar-refractivity contribution in [1.29, 1.82) is 0 Å². The van der Waals surface area contributed by atoms with Crippen molar-refractivity contribution in [3.05, 3.63) is 41.0 Å². The van der Waals surface area contributed by atoms with Crippen molar-refractivity contribution in [2.24, 2.45) is 0 Å². The van der Waals surface area contributed by atoms with Crippen LogP contribution >= 0.6 is 0 Å². The van der Waals surface area contributed by atoms with E-state index in [2.05, 4.69) is 4.98 Å². The van der Waals surface area contributed by atoms with Crippen molar-refractivity contribution in [3.8, 4) is 11.5 Å². The van der Waals surface area contributed by atoms with Crippen molar-refractivity contribution in [2.75, 3.05) is 0 Å².